The summed E-state index contributed by atoms with van der Waals surface area (Å²) in [6.07, 6.45) is 0.808. The number of hydrogen-bond donors (Lipinski definition) is 0. The van der Waals surface area contributed by atoms with E-state index in [-0.39, 0.29) is 34.9 Å². The van der Waals surface area contributed by atoms with Gasteiger partial charge in [-0.05, 0) is 49.1 Å². The molecule has 10 heteroatoms. The van der Waals surface area contributed by atoms with Gasteiger partial charge < -0.3 is 9.80 Å². The predicted octanol–water partition coefficient (Wildman–Crippen LogP) is 3.58. The van der Waals surface area contributed by atoms with Crippen molar-refractivity contribution in [3.05, 3.63) is 34.2 Å². The zero-order valence-corrected chi connectivity index (χ0v) is 16.8. The van der Waals surface area contributed by atoms with Gasteiger partial charge in [0.25, 0.3) is 5.91 Å². The first-order valence-corrected chi connectivity index (χ1v) is 10.5. The number of pyridine rings is 1. The average Bonchev–Trinajstić information content (AvgIpc) is 3.60. The molecule has 0 spiro atoms. The van der Waals surface area contributed by atoms with Crippen molar-refractivity contribution in [1.29, 1.82) is 0 Å². The van der Waals surface area contributed by atoms with Gasteiger partial charge in [0.2, 0.25) is 5.91 Å². The molecule has 6 nitrogen and oxygen atoms in total. The third-order valence-corrected chi connectivity index (χ3v) is 6.38. The van der Waals surface area contributed by atoms with Crippen LogP contribution in [0, 0.1) is 5.92 Å². The maximum Gasteiger partial charge on any atom is 0.419 e. The van der Waals surface area contributed by atoms with Crippen molar-refractivity contribution in [2.24, 2.45) is 5.92 Å². The standard InChI is InChI=1S/C20H20ClF3N4O2/c21-17-16(19(30)27-6-5-26(15(29)10-27)8-11-1-2-11)25-18-14(20(22,23)24)7-13(9-28(17)18)12-3-4-12/h7,9,11-12H,1-6,8,10H2. The summed E-state index contributed by atoms with van der Waals surface area (Å²) in [5, 5.41) is -0.157. The smallest absolute Gasteiger partial charge is 0.339 e. The summed E-state index contributed by atoms with van der Waals surface area (Å²) in [6.45, 7) is 1.30. The molecular formula is C20H20ClF3N4O2. The predicted molar refractivity (Wildman–Crippen MR) is 102 cm³/mol. The van der Waals surface area contributed by atoms with Gasteiger partial charge in [0.1, 0.15) is 11.7 Å². The summed E-state index contributed by atoms with van der Waals surface area (Å²) in [5.74, 6) is -0.159. The molecule has 0 aromatic carbocycles. The van der Waals surface area contributed by atoms with Crippen LogP contribution in [0.15, 0.2) is 12.3 Å². The van der Waals surface area contributed by atoms with Crippen molar-refractivity contribution in [2.45, 2.75) is 37.8 Å². The van der Waals surface area contributed by atoms with Gasteiger partial charge in [0.05, 0.1) is 5.56 Å². The molecule has 2 saturated carbocycles. The van der Waals surface area contributed by atoms with Gasteiger partial charge >= 0.3 is 6.18 Å². The second kappa shape index (κ2) is 6.87. The summed E-state index contributed by atoms with van der Waals surface area (Å²) in [4.78, 5) is 32.4. The van der Waals surface area contributed by atoms with Gasteiger partial charge in [0.15, 0.2) is 11.3 Å². The zero-order valence-electron chi connectivity index (χ0n) is 16.1. The van der Waals surface area contributed by atoms with E-state index in [1.54, 1.807) is 4.90 Å². The number of nitrogens with zero attached hydrogens (tertiary/aromatic N) is 4. The van der Waals surface area contributed by atoms with E-state index < -0.39 is 17.6 Å². The summed E-state index contributed by atoms with van der Waals surface area (Å²) >= 11 is 6.32. The Morgan fingerprint density at radius 1 is 1.20 bits per heavy atom. The summed E-state index contributed by atoms with van der Waals surface area (Å²) in [7, 11) is 0. The minimum atomic E-state index is -4.62. The normalized spacial score (nSPS) is 20.3. The molecule has 2 aliphatic carbocycles. The van der Waals surface area contributed by atoms with Crippen LogP contribution < -0.4 is 0 Å². The first-order chi connectivity index (χ1) is 14.2. The highest BCUT2D eigenvalue weighted by Crippen LogP contribution is 2.43. The largest absolute Gasteiger partial charge is 0.419 e. The molecule has 30 heavy (non-hydrogen) atoms. The van der Waals surface area contributed by atoms with Gasteiger partial charge in [-0.2, -0.15) is 13.2 Å². The number of halogens is 4. The van der Waals surface area contributed by atoms with E-state index >= 15 is 0 Å². The molecule has 3 aliphatic rings. The van der Waals surface area contributed by atoms with Crippen molar-refractivity contribution in [3.8, 4) is 0 Å². The van der Waals surface area contributed by atoms with E-state index in [0.717, 1.165) is 36.2 Å². The number of hydrogen-bond acceptors (Lipinski definition) is 3. The number of fused-ring (bicyclic) bond motifs is 1. The molecule has 0 atom stereocenters. The number of rotatable bonds is 4. The molecule has 2 aromatic heterocycles. The Balaban J connectivity index is 1.46. The number of imidazole rings is 1. The highest BCUT2D eigenvalue weighted by atomic mass is 35.5. The zero-order chi connectivity index (χ0) is 21.2. The van der Waals surface area contributed by atoms with Crippen LogP contribution in [0.2, 0.25) is 5.15 Å². The molecule has 0 unspecified atom stereocenters. The molecule has 5 rings (SSSR count). The minimum Gasteiger partial charge on any atom is -0.339 e. The Labute approximate surface area is 175 Å². The Morgan fingerprint density at radius 3 is 2.53 bits per heavy atom. The average molecular weight is 441 g/mol. The summed E-state index contributed by atoms with van der Waals surface area (Å²) < 4.78 is 42.1. The van der Waals surface area contributed by atoms with E-state index in [1.165, 1.54) is 11.1 Å². The van der Waals surface area contributed by atoms with Crippen LogP contribution in [-0.2, 0) is 11.0 Å². The van der Waals surface area contributed by atoms with Crippen LogP contribution in [-0.4, -0.2) is 57.2 Å². The van der Waals surface area contributed by atoms with Gasteiger partial charge in [-0.1, -0.05) is 11.6 Å². The molecule has 1 saturated heterocycles. The Hall–Kier alpha value is -2.29. The number of carbonyl (C=O) groups excluding carboxylic acids is 2. The van der Waals surface area contributed by atoms with Crippen LogP contribution >= 0.6 is 11.6 Å². The highest BCUT2D eigenvalue weighted by Gasteiger charge is 2.39. The third-order valence-electron chi connectivity index (χ3n) is 6.02. The van der Waals surface area contributed by atoms with Gasteiger partial charge in [0, 0.05) is 25.8 Å². The fourth-order valence-electron chi connectivity index (χ4n) is 3.96. The fourth-order valence-corrected chi connectivity index (χ4v) is 4.21. The summed E-state index contributed by atoms with van der Waals surface area (Å²) in [5.41, 5.74) is -1.01. The van der Waals surface area contributed by atoms with Crippen LogP contribution in [0.25, 0.3) is 5.65 Å². The molecule has 0 radical (unpaired) electrons. The molecule has 3 heterocycles. The second-order valence-electron chi connectivity index (χ2n) is 8.41. The third kappa shape index (κ3) is 3.53. The molecule has 160 valence electrons. The lowest BCUT2D eigenvalue weighted by molar-refractivity contribution is -0.137. The molecular weight excluding hydrogens is 421 g/mol. The maximum atomic E-state index is 13.6. The van der Waals surface area contributed by atoms with Crippen molar-refractivity contribution in [2.75, 3.05) is 26.2 Å². The topological polar surface area (TPSA) is 57.9 Å². The molecule has 3 fully saturated rings. The first-order valence-electron chi connectivity index (χ1n) is 10.1. The molecule has 1 aliphatic heterocycles. The van der Waals surface area contributed by atoms with Crippen LogP contribution in [0.3, 0.4) is 0 Å². The van der Waals surface area contributed by atoms with Crippen molar-refractivity contribution in [1.82, 2.24) is 19.2 Å². The second-order valence-corrected chi connectivity index (χ2v) is 8.77. The Morgan fingerprint density at radius 2 is 1.93 bits per heavy atom. The SMILES string of the molecule is O=C1CN(C(=O)c2nc3c(C(F)(F)F)cc(C4CC4)cn3c2Cl)CCN1CC1CC1. The van der Waals surface area contributed by atoms with E-state index in [9.17, 15) is 22.8 Å². The molecule has 2 amide bonds. The highest BCUT2D eigenvalue weighted by molar-refractivity contribution is 6.33. The van der Waals surface area contributed by atoms with Gasteiger partial charge in [-0.15, -0.1) is 0 Å². The quantitative estimate of drug-likeness (QED) is 0.730. The van der Waals surface area contributed by atoms with Crippen LogP contribution in [0.5, 0.6) is 0 Å². The number of amides is 2. The summed E-state index contributed by atoms with van der Waals surface area (Å²) in [6, 6.07) is 1.10. The molecule has 0 N–H and O–H groups in total. The lowest BCUT2D eigenvalue weighted by Gasteiger charge is -2.34. The van der Waals surface area contributed by atoms with E-state index in [0.29, 0.717) is 31.1 Å². The van der Waals surface area contributed by atoms with Crippen molar-refractivity contribution >= 4 is 29.1 Å². The number of alkyl halides is 3. The van der Waals surface area contributed by atoms with E-state index in [1.807, 2.05) is 0 Å². The van der Waals surface area contributed by atoms with Gasteiger partial charge in [-0.25, -0.2) is 4.98 Å². The number of piperazine rings is 1. The van der Waals surface area contributed by atoms with Crippen molar-refractivity contribution in [3.63, 3.8) is 0 Å². The lowest BCUT2D eigenvalue weighted by Crippen LogP contribution is -2.52. The van der Waals surface area contributed by atoms with Crippen LogP contribution in [0.1, 0.15) is 53.2 Å². The van der Waals surface area contributed by atoms with Crippen LogP contribution in [0.4, 0.5) is 13.2 Å². The minimum absolute atomic E-state index is 0.0743. The van der Waals surface area contributed by atoms with Gasteiger partial charge in [-0.3, -0.25) is 14.0 Å². The molecule has 2 aromatic rings. The maximum absolute atomic E-state index is 13.6. The fraction of sp³-hybridized carbons (Fsp3) is 0.550. The van der Waals surface area contributed by atoms with E-state index in [2.05, 4.69) is 4.98 Å². The Kier molecular flexibility index (Phi) is 4.50. The number of carbonyl (C=O) groups is 2. The monoisotopic (exact) mass is 440 g/mol. The lowest BCUT2D eigenvalue weighted by atomic mass is 10.1. The first kappa shape index (κ1) is 19.7. The van der Waals surface area contributed by atoms with E-state index in [4.69, 9.17) is 11.6 Å². The number of aromatic nitrogens is 2. The Bertz CT molecular complexity index is 1040. The van der Waals surface area contributed by atoms with Crippen molar-refractivity contribution < 1.29 is 22.8 Å². The molecule has 0 bridgehead atoms.